The number of nitrogens with zero attached hydrogens (tertiary/aromatic N) is 5. The van der Waals surface area contributed by atoms with Gasteiger partial charge in [0.05, 0.1) is 0 Å². The molecule has 0 fully saturated rings. The van der Waals surface area contributed by atoms with Gasteiger partial charge in [-0.05, 0) is 31.5 Å². The Kier molecular flexibility index (Phi) is 8.61. The van der Waals surface area contributed by atoms with Crippen LogP contribution >= 0.6 is 12.4 Å². The van der Waals surface area contributed by atoms with Crippen molar-refractivity contribution < 1.29 is 5.11 Å². The van der Waals surface area contributed by atoms with Crippen LogP contribution < -0.4 is 11.2 Å². The van der Waals surface area contributed by atoms with Gasteiger partial charge in [-0.15, -0.1) is 12.4 Å². The molecule has 1 unspecified atom stereocenters. The predicted molar refractivity (Wildman–Crippen MR) is 125 cm³/mol. The normalized spacial score (nSPS) is 12.3. The van der Waals surface area contributed by atoms with Gasteiger partial charge >= 0.3 is 5.69 Å². The number of fused-ring (bicyclic) bond motifs is 1. The Labute approximate surface area is 188 Å². The Morgan fingerprint density at radius 3 is 2.19 bits per heavy atom. The Balaban J connectivity index is 0.00000341. The standard InChI is InChI=1S/C22H31N5O3.ClH/c1-5-12-26(13-6-2)14-15-27-17-19(24(3)22(30)25(4)21(17)29)23-20(27)18(28)16-10-8-7-9-11-16;/h7-11,18,28H,5-6,12-15H2,1-4H3;1H. The molecule has 0 spiro atoms. The van der Waals surface area contributed by atoms with E-state index in [4.69, 9.17) is 0 Å². The van der Waals surface area contributed by atoms with E-state index >= 15 is 0 Å². The molecule has 0 saturated heterocycles. The van der Waals surface area contributed by atoms with E-state index in [1.54, 1.807) is 11.6 Å². The van der Waals surface area contributed by atoms with Crippen molar-refractivity contribution in [2.45, 2.75) is 39.3 Å². The van der Waals surface area contributed by atoms with E-state index in [1.807, 2.05) is 30.3 Å². The Hall–Kier alpha value is -2.42. The van der Waals surface area contributed by atoms with E-state index in [2.05, 4.69) is 23.7 Å². The van der Waals surface area contributed by atoms with E-state index in [0.717, 1.165) is 37.0 Å². The average molecular weight is 450 g/mol. The van der Waals surface area contributed by atoms with Crippen LogP contribution in [-0.4, -0.2) is 48.3 Å². The predicted octanol–water partition coefficient (Wildman–Crippen LogP) is 2.06. The zero-order valence-electron chi connectivity index (χ0n) is 18.6. The van der Waals surface area contributed by atoms with Crippen molar-refractivity contribution in [3.63, 3.8) is 0 Å². The van der Waals surface area contributed by atoms with E-state index in [0.29, 0.717) is 29.1 Å². The molecule has 0 bridgehead atoms. The molecule has 2 aromatic heterocycles. The summed E-state index contributed by atoms with van der Waals surface area (Å²) < 4.78 is 4.24. The number of aliphatic hydroxyl groups is 1. The molecule has 1 aromatic carbocycles. The quantitative estimate of drug-likeness (QED) is 0.540. The molecule has 170 valence electrons. The molecule has 0 radical (unpaired) electrons. The zero-order chi connectivity index (χ0) is 21.8. The Bertz CT molecular complexity index is 1110. The molecule has 8 nitrogen and oxygen atoms in total. The third-order valence-electron chi connectivity index (χ3n) is 5.46. The van der Waals surface area contributed by atoms with Crippen LogP contribution in [0.25, 0.3) is 11.2 Å². The first-order valence-corrected chi connectivity index (χ1v) is 10.5. The van der Waals surface area contributed by atoms with Crippen LogP contribution in [0.1, 0.15) is 44.2 Å². The van der Waals surface area contributed by atoms with Crippen molar-refractivity contribution in [3.8, 4) is 0 Å². The van der Waals surface area contributed by atoms with Crippen LogP contribution in [0.3, 0.4) is 0 Å². The minimum Gasteiger partial charge on any atom is -0.380 e. The summed E-state index contributed by atoms with van der Waals surface area (Å²) in [5, 5.41) is 11.1. The van der Waals surface area contributed by atoms with Crippen LogP contribution in [-0.2, 0) is 20.6 Å². The van der Waals surface area contributed by atoms with Crippen LogP contribution in [0.5, 0.6) is 0 Å². The molecule has 3 aromatic rings. The van der Waals surface area contributed by atoms with Gasteiger partial charge in [-0.2, -0.15) is 0 Å². The second kappa shape index (κ2) is 10.7. The number of hydrogen-bond acceptors (Lipinski definition) is 5. The highest BCUT2D eigenvalue weighted by molar-refractivity contribution is 5.85. The second-order valence-corrected chi connectivity index (χ2v) is 7.65. The smallest absolute Gasteiger partial charge is 0.332 e. The maximum Gasteiger partial charge on any atom is 0.332 e. The number of rotatable bonds is 9. The number of benzene rings is 1. The summed E-state index contributed by atoms with van der Waals surface area (Å²) in [4.78, 5) is 32.3. The van der Waals surface area contributed by atoms with Gasteiger partial charge in [0.15, 0.2) is 11.2 Å². The summed E-state index contributed by atoms with van der Waals surface area (Å²) in [5.41, 5.74) is 0.499. The van der Waals surface area contributed by atoms with Gasteiger partial charge in [-0.3, -0.25) is 13.9 Å². The van der Waals surface area contributed by atoms with Crippen LogP contribution in [0, 0.1) is 0 Å². The van der Waals surface area contributed by atoms with Crippen molar-refractivity contribution >= 4 is 23.6 Å². The molecule has 3 rings (SSSR count). The first-order chi connectivity index (χ1) is 14.4. The lowest BCUT2D eigenvalue weighted by atomic mass is 10.1. The third-order valence-corrected chi connectivity index (χ3v) is 5.46. The maximum atomic E-state index is 13.0. The van der Waals surface area contributed by atoms with Crippen molar-refractivity contribution in [2.75, 3.05) is 19.6 Å². The minimum atomic E-state index is -0.996. The van der Waals surface area contributed by atoms with E-state index < -0.39 is 17.4 Å². The lowest BCUT2D eigenvalue weighted by molar-refractivity contribution is 0.201. The molecular formula is C22H32ClN5O3. The Morgan fingerprint density at radius 1 is 1.00 bits per heavy atom. The van der Waals surface area contributed by atoms with E-state index in [1.165, 1.54) is 11.6 Å². The molecular weight excluding hydrogens is 418 g/mol. The largest absolute Gasteiger partial charge is 0.380 e. The Morgan fingerprint density at radius 2 is 1.61 bits per heavy atom. The van der Waals surface area contributed by atoms with Crippen LogP contribution in [0.15, 0.2) is 39.9 Å². The van der Waals surface area contributed by atoms with Crippen molar-refractivity contribution in [1.82, 2.24) is 23.6 Å². The summed E-state index contributed by atoms with van der Waals surface area (Å²) in [6.45, 7) is 7.45. The zero-order valence-corrected chi connectivity index (χ0v) is 19.4. The summed E-state index contributed by atoms with van der Waals surface area (Å²) in [6, 6.07) is 9.24. The van der Waals surface area contributed by atoms with Crippen LogP contribution in [0.2, 0.25) is 0 Å². The lowest BCUT2D eigenvalue weighted by Crippen LogP contribution is -2.38. The summed E-state index contributed by atoms with van der Waals surface area (Å²) >= 11 is 0. The second-order valence-electron chi connectivity index (χ2n) is 7.65. The number of aryl methyl sites for hydroxylation is 1. The number of halogens is 1. The maximum absolute atomic E-state index is 13.0. The lowest BCUT2D eigenvalue weighted by Gasteiger charge is -2.22. The van der Waals surface area contributed by atoms with Crippen molar-refractivity contribution in [3.05, 3.63) is 62.6 Å². The SMILES string of the molecule is CCCN(CCC)CCn1c(C(O)c2ccccc2)nc2c1c(=O)n(C)c(=O)n2C.Cl. The van der Waals surface area contributed by atoms with Gasteiger partial charge in [-0.25, -0.2) is 9.78 Å². The van der Waals surface area contributed by atoms with Gasteiger partial charge < -0.3 is 14.6 Å². The molecule has 0 aliphatic rings. The molecule has 1 N–H and O–H groups in total. The molecule has 1 atom stereocenters. The highest BCUT2D eigenvalue weighted by Gasteiger charge is 2.24. The molecule has 31 heavy (non-hydrogen) atoms. The highest BCUT2D eigenvalue weighted by Crippen LogP contribution is 2.24. The summed E-state index contributed by atoms with van der Waals surface area (Å²) in [5.74, 6) is 0.377. The van der Waals surface area contributed by atoms with Crippen molar-refractivity contribution in [2.24, 2.45) is 14.1 Å². The minimum absolute atomic E-state index is 0. The first kappa shape index (κ1) is 24.8. The van der Waals surface area contributed by atoms with Gasteiger partial charge in [0, 0.05) is 27.2 Å². The summed E-state index contributed by atoms with van der Waals surface area (Å²) in [6.07, 6.45) is 1.09. The molecule has 0 amide bonds. The molecule has 0 saturated carbocycles. The fourth-order valence-electron chi connectivity index (χ4n) is 3.89. The third kappa shape index (κ3) is 4.92. The molecule has 0 aliphatic carbocycles. The van der Waals surface area contributed by atoms with Gasteiger partial charge in [0.1, 0.15) is 11.9 Å². The molecule has 0 aliphatic heterocycles. The average Bonchev–Trinajstić information content (AvgIpc) is 3.14. The number of aromatic nitrogens is 4. The number of aliphatic hydroxyl groups excluding tert-OH is 1. The molecule has 2 heterocycles. The fourth-order valence-corrected chi connectivity index (χ4v) is 3.89. The van der Waals surface area contributed by atoms with Gasteiger partial charge in [-0.1, -0.05) is 44.2 Å². The summed E-state index contributed by atoms with van der Waals surface area (Å²) in [7, 11) is 3.07. The fraction of sp³-hybridized carbons (Fsp3) is 0.500. The van der Waals surface area contributed by atoms with Crippen LogP contribution in [0.4, 0.5) is 0 Å². The first-order valence-electron chi connectivity index (χ1n) is 10.5. The topological polar surface area (TPSA) is 85.3 Å². The van der Waals surface area contributed by atoms with Crippen molar-refractivity contribution in [1.29, 1.82) is 0 Å². The van der Waals surface area contributed by atoms with E-state index in [-0.39, 0.29) is 12.4 Å². The van der Waals surface area contributed by atoms with E-state index in [9.17, 15) is 14.7 Å². The highest BCUT2D eigenvalue weighted by atomic mass is 35.5. The van der Waals surface area contributed by atoms with Gasteiger partial charge in [0.25, 0.3) is 5.56 Å². The van der Waals surface area contributed by atoms with Gasteiger partial charge in [0.2, 0.25) is 0 Å². The molecule has 9 heteroatoms. The monoisotopic (exact) mass is 449 g/mol. The number of hydrogen-bond donors (Lipinski definition) is 1. The number of imidazole rings is 1.